The molecule has 0 fully saturated rings. The number of hydrogen-bond acceptors (Lipinski definition) is 4. The molecular weight excluding hydrogens is 354 g/mol. The number of nitrogens with one attached hydrogen (secondary N) is 2. The molecule has 2 N–H and O–H groups in total. The Labute approximate surface area is 168 Å². The molecule has 1 aromatic carbocycles. The monoisotopic (exact) mass is 387 g/mol. The summed E-state index contributed by atoms with van der Waals surface area (Å²) < 4.78 is 13.2. The zero-order valence-electron chi connectivity index (χ0n) is 17.9. The topological polar surface area (TPSA) is 72.7 Å². The van der Waals surface area contributed by atoms with Crippen molar-refractivity contribution in [3.8, 4) is 5.75 Å². The smallest absolute Gasteiger partial charge is 0.191 e. The lowest BCUT2D eigenvalue weighted by Crippen LogP contribution is -2.41. The normalized spacial score (nSPS) is 12.7. The van der Waals surface area contributed by atoms with Crippen LogP contribution in [0.25, 0.3) is 0 Å². The van der Waals surface area contributed by atoms with Crippen LogP contribution in [0.15, 0.2) is 29.3 Å². The fourth-order valence-electron chi connectivity index (χ4n) is 2.97. The van der Waals surface area contributed by atoms with Crippen molar-refractivity contribution in [2.24, 2.45) is 4.99 Å². The van der Waals surface area contributed by atoms with E-state index in [2.05, 4.69) is 27.6 Å². The predicted octanol–water partition coefficient (Wildman–Crippen LogP) is 2.59. The fraction of sp³-hybridized carbons (Fsp3) is 0.524. The van der Waals surface area contributed by atoms with Crippen molar-refractivity contribution in [2.75, 3.05) is 27.3 Å². The lowest BCUT2D eigenvalue weighted by atomic mass is 10.2. The van der Waals surface area contributed by atoms with Gasteiger partial charge in [-0.25, -0.2) is 0 Å². The summed E-state index contributed by atoms with van der Waals surface area (Å²) in [6, 6.07) is 8.04. The van der Waals surface area contributed by atoms with E-state index >= 15 is 0 Å². The van der Waals surface area contributed by atoms with Gasteiger partial charge in [-0.15, -0.1) is 0 Å². The molecule has 0 radical (unpaired) electrons. The van der Waals surface area contributed by atoms with E-state index in [4.69, 9.17) is 9.47 Å². The van der Waals surface area contributed by atoms with Gasteiger partial charge < -0.3 is 20.1 Å². The molecule has 7 nitrogen and oxygen atoms in total. The van der Waals surface area contributed by atoms with Crippen molar-refractivity contribution in [1.29, 1.82) is 0 Å². The number of aryl methyl sites for hydroxylation is 2. The van der Waals surface area contributed by atoms with Crippen molar-refractivity contribution in [1.82, 2.24) is 20.4 Å². The first-order chi connectivity index (χ1) is 13.5. The number of para-hydroxylation sites is 1. The minimum Gasteiger partial charge on any atom is -0.489 e. The van der Waals surface area contributed by atoms with Crippen molar-refractivity contribution in [3.63, 3.8) is 0 Å². The summed E-state index contributed by atoms with van der Waals surface area (Å²) in [6.45, 7) is 10.9. The third-order valence-corrected chi connectivity index (χ3v) is 4.67. The van der Waals surface area contributed by atoms with Crippen LogP contribution in [-0.4, -0.2) is 49.2 Å². The first-order valence-electron chi connectivity index (χ1n) is 9.64. The molecule has 154 valence electrons. The zero-order valence-corrected chi connectivity index (χ0v) is 17.9. The molecule has 2 aromatic rings. The van der Waals surface area contributed by atoms with Gasteiger partial charge in [0.1, 0.15) is 11.9 Å². The highest BCUT2D eigenvalue weighted by atomic mass is 16.5. The summed E-state index contributed by atoms with van der Waals surface area (Å²) >= 11 is 0. The average Bonchev–Trinajstić information content (AvgIpc) is 2.95. The summed E-state index contributed by atoms with van der Waals surface area (Å²) in [5.74, 6) is 1.65. The predicted molar refractivity (Wildman–Crippen MR) is 113 cm³/mol. The number of aliphatic imine (C=N–C) groups is 1. The summed E-state index contributed by atoms with van der Waals surface area (Å²) in [6.07, 6.45) is 0.0138. The van der Waals surface area contributed by atoms with E-state index in [1.807, 2.05) is 49.7 Å². The molecule has 2 rings (SSSR count). The van der Waals surface area contributed by atoms with Crippen LogP contribution in [0.3, 0.4) is 0 Å². The van der Waals surface area contributed by atoms with Gasteiger partial charge in [0.05, 0.1) is 25.4 Å². The van der Waals surface area contributed by atoms with E-state index in [0.29, 0.717) is 19.7 Å². The lowest BCUT2D eigenvalue weighted by molar-refractivity contribution is 0.182. The van der Waals surface area contributed by atoms with Gasteiger partial charge in [0.15, 0.2) is 5.96 Å². The molecule has 1 heterocycles. The number of rotatable bonds is 9. The number of guanidine groups is 1. The minimum atomic E-state index is 0.0138. The highest BCUT2D eigenvalue weighted by molar-refractivity contribution is 5.79. The number of methoxy groups -OCH3 is 1. The zero-order chi connectivity index (χ0) is 20.5. The Morgan fingerprint density at radius 2 is 1.96 bits per heavy atom. The van der Waals surface area contributed by atoms with Gasteiger partial charge in [0.25, 0.3) is 0 Å². The van der Waals surface area contributed by atoms with E-state index in [9.17, 15) is 0 Å². The van der Waals surface area contributed by atoms with Crippen molar-refractivity contribution in [3.05, 3.63) is 46.8 Å². The van der Waals surface area contributed by atoms with Crippen LogP contribution in [0.1, 0.15) is 29.4 Å². The number of hydrogen-bond donors (Lipinski definition) is 2. The van der Waals surface area contributed by atoms with Crippen LogP contribution >= 0.6 is 0 Å². The van der Waals surface area contributed by atoms with Crippen molar-refractivity contribution < 1.29 is 9.47 Å². The highest BCUT2D eigenvalue weighted by Crippen LogP contribution is 2.17. The molecule has 1 unspecified atom stereocenters. The molecule has 0 saturated carbocycles. The maximum atomic E-state index is 6.01. The fourth-order valence-corrected chi connectivity index (χ4v) is 2.97. The molecule has 0 aliphatic rings. The number of aromatic nitrogens is 2. The Hall–Kier alpha value is -2.54. The number of nitrogens with zero attached hydrogens (tertiary/aromatic N) is 3. The van der Waals surface area contributed by atoms with Gasteiger partial charge in [0.2, 0.25) is 0 Å². The van der Waals surface area contributed by atoms with E-state index in [-0.39, 0.29) is 6.10 Å². The van der Waals surface area contributed by atoms with E-state index < -0.39 is 0 Å². The maximum absolute atomic E-state index is 6.01. The van der Waals surface area contributed by atoms with Crippen molar-refractivity contribution in [2.45, 2.75) is 46.9 Å². The molecule has 0 amide bonds. The van der Waals surface area contributed by atoms with Gasteiger partial charge in [-0.3, -0.25) is 9.67 Å². The van der Waals surface area contributed by atoms with E-state index in [1.165, 1.54) is 5.56 Å². The number of benzene rings is 1. The summed E-state index contributed by atoms with van der Waals surface area (Å²) in [7, 11) is 3.47. The van der Waals surface area contributed by atoms with Crippen LogP contribution in [-0.2, 0) is 17.8 Å². The molecule has 0 saturated heterocycles. The Morgan fingerprint density at radius 1 is 1.21 bits per heavy atom. The first-order valence-corrected chi connectivity index (χ1v) is 9.64. The Kier molecular flexibility index (Phi) is 8.32. The van der Waals surface area contributed by atoms with Gasteiger partial charge in [-0.05, 0) is 39.3 Å². The molecular formula is C21H33N5O2. The summed E-state index contributed by atoms with van der Waals surface area (Å²) in [5, 5.41) is 11.3. The summed E-state index contributed by atoms with van der Waals surface area (Å²) in [4.78, 5) is 4.31. The molecule has 0 spiro atoms. The minimum absolute atomic E-state index is 0.0138. The van der Waals surface area contributed by atoms with Crippen LogP contribution in [0.4, 0.5) is 0 Å². The standard InChI is InChI=1S/C21H33N5O2/c1-15-9-7-8-10-20(15)28-16(2)13-23-21(22-5)24-14-19-17(3)25-26(18(19)4)11-12-27-6/h7-10,16H,11-14H2,1-6H3,(H2,22,23,24). The Bertz CT molecular complexity index is 785. The molecule has 0 aliphatic carbocycles. The molecule has 1 atom stereocenters. The Morgan fingerprint density at radius 3 is 2.64 bits per heavy atom. The van der Waals surface area contributed by atoms with Crippen LogP contribution in [0.2, 0.25) is 0 Å². The maximum Gasteiger partial charge on any atom is 0.191 e. The second-order valence-corrected chi connectivity index (χ2v) is 6.87. The molecule has 28 heavy (non-hydrogen) atoms. The molecule has 1 aromatic heterocycles. The second-order valence-electron chi connectivity index (χ2n) is 6.87. The first kappa shape index (κ1) is 21.8. The second kappa shape index (κ2) is 10.7. The van der Waals surface area contributed by atoms with Crippen molar-refractivity contribution >= 4 is 5.96 Å². The van der Waals surface area contributed by atoms with Crippen LogP contribution in [0.5, 0.6) is 5.75 Å². The largest absolute Gasteiger partial charge is 0.489 e. The van der Waals surface area contributed by atoms with Gasteiger partial charge in [-0.1, -0.05) is 18.2 Å². The molecule has 0 bridgehead atoms. The highest BCUT2D eigenvalue weighted by Gasteiger charge is 2.12. The van der Waals surface area contributed by atoms with Gasteiger partial charge in [0, 0.05) is 32.0 Å². The van der Waals surface area contributed by atoms with E-state index in [1.54, 1.807) is 14.2 Å². The lowest BCUT2D eigenvalue weighted by Gasteiger charge is -2.19. The van der Waals surface area contributed by atoms with Crippen LogP contribution < -0.4 is 15.4 Å². The van der Waals surface area contributed by atoms with Gasteiger partial charge >= 0.3 is 0 Å². The third kappa shape index (κ3) is 5.99. The van der Waals surface area contributed by atoms with Gasteiger partial charge in [-0.2, -0.15) is 5.10 Å². The molecule has 0 aliphatic heterocycles. The average molecular weight is 388 g/mol. The quantitative estimate of drug-likeness (QED) is 0.511. The SMILES string of the molecule is CN=C(NCc1c(C)nn(CCOC)c1C)NCC(C)Oc1ccccc1C. The summed E-state index contributed by atoms with van der Waals surface area (Å²) in [5.41, 5.74) is 4.48. The third-order valence-electron chi connectivity index (χ3n) is 4.67. The number of ether oxygens (including phenoxy) is 2. The Balaban J connectivity index is 1.86. The van der Waals surface area contributed by atoms with E-state index in [0.717, 1.165) is 35.2 Å². The van der Waals surface area contributed by atoms with Crippen LogP contribution in [0, 0.1) is 20.8 Å². The molecule has 7 heteroatoms.